The smallest absolute Gasteiger partial charge is 0.323 e. The van der Waals surface area contributed by atoms with Crippen LogP contribution in [0.5, 0.6) is 0 Å². The van der Waals surface area contributed by atoms with E-state index in [1.807, 2.05) is 6.92 Å². The SMILES string of the molecule is CCOC(=O)C(N)CSCc1nnc(CC)o1. The molecule has 6 nitrogen and oxygen atoms in total. The van der Waals surface area contributed by atoms with Crippen molar-refractivity contribution in [2.45, 2.75) is 32.1 Å². The molecule has 0 saturated heterocycles. The van der Waals surface area contributed by atoms with Crippen molar-refractivity contribution in [3.05, 3.63) is 11.8 Å². The molecule has 1 atom stereocenters. The van der Waals surface area contributed by atoms with Crippen LogP contribution in [-0.2, 0) is 21.7 Å². The van der Waals surface area contributed by atoms with Gasteiger partial charge in [0, 0.05) is 12.2 Å². The van der Waals surface area contributed by atoms with Gasteiger partial charge in [-0.2, -0.15) is 0 Å². The first kappa shape index (κ1) is 14.0. The standard InChI is InChI=1S/C10H17N3O3S/c1-3-8-12-13-9(16-8)6-17-5-7(11)10(14)15-4-2/h7H,3-6,11H2,1-2H3. The van der Waals surface area contributed by atoms with Gasteiger partial charge in [0.2, 0.25) is 11.8 Å². The van der Waals surface area contributed by atoms with Gasteiger partial charge in [0.25, 0.3) is 0 Å². The maximum Gasteiger partial charge on any atom is 0.323 e. The van der Waals surface area contributed by atoms with Crippen LogP contribution >= 0.6 is 11.8 Å². The summed E-state index contributed by atoms with van der Waals surface area (Å²) in [6.07, 6.45) is 0.722. The van der Waals surface area contributed by atoms with E-state index in [4.69, 9.17) is 14.9 Å². The molecule has 1 aromatic rings. The van der Waals surface area contributed by atoms with Crippen molar-refractivity contribution < 1.29 is 13.9 Å². The Morgan fingerprint density at radius 2 is 2.18 bits per heavy atom. The zero-order chi connectivity index (χ0) is 12.7. The van der Waals surface area contributed by atoms with Crippen LogP contribution in [0, 0.1) is 0 Å². The Morgan fingerprint density at radius 3 is 2.76 bits per heavy atom. The van der Waals surface area contributed by atoms with Crippen molar-refractivity contribution in [2.75, 3.05) is 12.4 Å². The first-order valence-electron chi connectivity index (χ1n) is 5.48. The van der Waals surface area contributed by atoms with Crippen LogP contribution in [0.25, 0.3) is 0 Å². The number of carbonyl (C=O) groups is 1. The number of carbonyl (C=O) groups excluding carboxylic acids is 1. The highest BCUT2D eigenvalue weighted by atomic mass is 32.2. The van der Waals surface area contributed by atoms with Gasteiger partial charge < -0.3 is 14.9 Å². The number of nitrogens with zero attached hydrogens (tertiary/aromatic N) is 2. The third-order valence-electron chi connectivity index (χ3n) is 1.92. The number of ether oxygens (including phenoxy) is 1. The zero-order valence-corrected chi connectivity index (χ0v) is 10.8. The van der Waals surface area contributed by atoms with Gasteiger partial charge in [0.1, 0.15) is 6.04 Å². The van der Waals surface area contributed by atoms with Crippen molar-refractivity contribution in [1.82, 2.24) is 10.2 Å². The average Bonchev–Trinajstić information content (AvgIpc) is 2.77. The van der Waals surface area contributed by atoms with E-state index in [2.05, 4.69) is 10.2 Å². The third kappa shape index (κ3) is 4.74. The Labute approximate surface area is 104 Å². The normalized spacial score (nSPS) is 12.4. The van der Waals surface area contributed by atoms with Crippen molar-refractivity contribution in [1.29, 1.82) is 0 Å². The molecule has 0 aliphatic carbocycles. The molecule has 1 unspecified atom stereocenters. The minimum absolute atomic E-state index is 0.348. The number of thioether (sulfide) groups is 1. The molecule has 0 fully saturated rings. The first-order chi connectivity index (χ1) is 8.17. The first-order valence-corrected chi connectivity index (χ1v) is 6.64. The largest absolute Gasteiger partial charge is 0.465 e. The van der Waals surface area contributed by atoms with E-state index < -0.39 is 6.04 Å². The summed E-state index contributed by atoms with van der Waals surface area (Å²) in [5.41, 5.74) is 5.64. The summed E-state index contributed by atoms with van der Waals surface area (Å²) in [5, 5.41) is 7.71. The molecule has 96 valence electrons. The van der Waals surface area contributed by atoms with Gasteiger partial charge in [-0.1, -0.05) is 6.92 Å². The molecule has 17 heavy (non-hydrogen) atoms. The minimum Gasteiger partial charge on any atom is -0.465 e. The van der Waals surface area contributed by atoms with Gasteiger partial charge in [-0.25, -0.2) is 0 Å². The summed E-state index contributed by atoms with van der Waals surface area (Å²) in [7, 11) is 0. The van der Waals surface area contributed by atoms with Gasteiger partial charge in [-0.05, 0) is 6.92 Å². The Morgan fingerprint density at radius 1 is 1.47 bits per heavy atom. The van der Waals surface area contributed by atoms with Gasteiger partial charge >= 0.3 is 5.97 Å². The molecule has 0 bridgehead atoms. The Hall–Kier alpha value is -1.08. The Bertz CT molecular complexity index is 356. The summed E-state index contributed by atoms with van der Waals surface area (Å²) in [6.45, 7) is 4.05. The second-order valence-electron chi connectivity index (χ2n) is 3.32. The number of esters is 1. The van der Waals surface area contributed by atoms with Crippen molar-refractivity contribution in [3.63, 3.8) is 0 Å². The number of aryl methyl sites for hydroxylation is 1. The summed E-state index contributed by atoms with van der Waals surface area (Å²) < 4.78 is 10.1. The lowest BCUT2D eigenvalue weighted by atomic mass is 10.4. The molecule has 1 heterocycles. The van der Waals surface area contributed by atoms with E-state index >= 15 is 0 Å². The number of rotatable bonds is 7. The highest BCUT2D eigenvalue weighted by Gasteiger charge is 2.15. The molecule has 0 amide bonds. The lowest BCUT2D eigenvalue weighted by Gasteiger charge is -2.08. The second kappa shape index (κ2) is 7.29. The van der Waals surface area contributed by atoms with E-state index in [0.29, 0.717) is 29.9 Å². The van der Waals surface area contributed by atoms with E-state index in [1.165, 1.54) is 11.8 Å². The topological polar surface area (TPSA) is 91.2 Å². The predicted molar refractivity (Wildman–Crippen MR) is 64.4 cm³/mol. The fourth-order valence-corrected chi connectivity index (χ4v) is 1.88. The van der Waals surface area contributed by atoms with Crippen molar-refractivity contribution in [3.8, 4) is 0 Å². The maximum atomic E-state index is 11.2. The minimum atomic E-state index is -0.603. The summed E-state index contributed by atoms with van der Waals surface area (Å²) in [4.78, 5) is 11.2. The van der Waals surface area contributed by atoms with Crippen LogP contribution in [0.2, 0.25) is 0 Å². The lowest BCUT2D eigenvalue weighted by Crippen LogP contribution is -2.34. The van der Waals surface area contributed by atoms with E-state index in [9.17, 15) is 4.79 Å². The summed E-state index contributed by atoms with van der Waals surface area (Å²) in [5.74, 6) is 1.83. The van der Waals surface area contributed by atoms with Crippen LogP contribution in [-0.4, -0.2) is 34.6 Å². The molecule has 0 radical (unpaired) electrons. The third-order valence-corrected chi connectivity index (χ3v) is 2.97. The monoisotopic (exact) mass is 259 g/mol. The average molecular weight is 259 g/mol. The van der Waals surface area contributed by atoms with E-state index in [1.54, 1.807) is 6.92 Å². The number of aromatic nitrogens is 2. The van der Waals surface area contributed by atoms with Gasteiger partial charge in [0.05, 0.1) is 12.4 Å². The highest BCUT2D eigenvalue weighted by molar-refractivity contribution is 7.98. The van der Waals surface area contributed by atoms with Crippen molar-refractivity contribution in [2.24, 2.45) is 5.73 Å². The molecule has 2 N–H and O–H groups in total. The maximum absolute atomic E-state index is 11.2. The number of hydrogen-bond donors (Lipinski definition) is 1. The fourth-order valence-electron chi connectivity index (χ4n) is 1.08. The van der Waals surface area contributed by atoms with Crippen LogP contribution in [0.15, 0.2) is 4.42 Å². The molecule has 1 aromatic heterocycles. The van der Waals surface area contributed by atoms with Gasteiger partial charge in [0.15, 0.2) is 0 Å². The zero-order valence-electron chi connectivity index (χ0n) is 10.0. The fraction of sp³-hybridized carbons (Fsp3) is 0.700. The van der Waals surface area contributed by atoms with Crippen LogP contribution in [0.1, 0.15) is 25.6 Å². The number of nitrogens with two attached hydrogens (primary N) is 1. The summed E-state index contributed by atoms with van der Waals surface area (Å²) >= 11 is 1.47. The van der Waals surface area contributed by atoms with Gasteiger partial charge in [-0.15, -0.1) is 22.0 Å². The van der Waals surface area contributed by atoms with Crippen LogP contribution in [0.4, 0.5) is 0 Å². The molecule has 0 aromatic carbocycles. The van der Waals surface area contributed by atoms with E-state index in [0.717, 1.165) is 6.42 Å². The Balaban J connectivity index is 2.25. The van der Waals surface area contributed by atoms with Crippen molar-refractivity contribution >= 4 is 17.7 Å². The molecule has 1 rings (SSSR count). The quantitative estimate of drug-likeness (QED) is 0.722. The van der Waals surface area contributed by atoms with E-state index in [-0.39, 0.29) is 5.97 Å². The van der Waals surface area contributed by atoms with Crippen LogP contribution < -0.4 is 5.73 Å². The molecule has 0 aliphatic rings. The lowest BCUT2D eigenvalue weighted by molar-refractivity contribution is -0.144. The second-order valence-corrected chi connectivity index (χ2v) is 4.35. The highest BCUT2D eigenvalue weighted by Crippen LogP contribution is 2.12. The van der Waals surface area contributed by atoms with Gasteiger partial charge in [-0.3, -0.25) is 4.79 Å². The predicted octanol–water partition coefficient (Wildman–Crippen LogP) is 0.756. The molecular formula is C10H17N3O3S. The molecule has 0 aliphatic heterocycles. The molecule has 0 spiro atoms. The number of hydrogen-bond acceptors (Lipinski definition) is 7. The van der Waals surface area contributed by atoms with Crippen LogP contribution in [0.3, 0.4) is 0 Å². The molecule has 0 saturated carbocycles. The summed E-state index contributed by atoms with van der Waals surface area (Å²) in [6, 6.07) is -0.603. The molecular weight excluding hydrogens is 242 g/mol. The Kier molecular flexibility index (Phi) is 5.99. The molecule has 7 heteroatoms.